The first-order valence-electron chi connectivity index (χ1n) is 5.02. The van der Waals surface area contributed by atoms with Crippen LogP contribution in [-0.4, -0.2) is 10.9 Å². The fourth-order valence-electron chi connectivity index (χ4n) is 1.43. The minimum absolute atomic E-state index is 0.220. The average Bonchev–Trinajstić information content (AvgIpc) is 2.81. The monoisotopic (exact) mass is 324 g/mol. The highest BCUT2D eigenvalue weighted by Crippen LogP contribution is 2.22. The zero-order valence-corrected chi connectivity index (χ0v) is 11.5. The Morgan fingerprint density at radius 2 is 2.17 bits per heavy atom. The number of nitrogens with one attached hydrogen (secondary N) is 1. The van der Waals surface area contributed by atoms with E-state index in [4.69, 9.17) is 22.4 Å². The lowest BCUT2D eigenvalue weighted by molar-refractivity contribution is 0.0996. The van der Waals surface area contributed by atoms with E-state index < -0.39 is 0 Å². The number of rotatable bonds is 3. The second kappa shape index (κ2) is 5.32. The second-order valence-electron chi connectivity index (χ2n) is 3.49. The number of anilines is 1. The highest BCUT2D eigenvalue weighted by atomic mass is 79.9. The van der Waals surface area contributed by atoms with E-state index in [0.717, 1.165) is 4.47 Å². The van der Waals surface area contributed by atoms with Gasteiger partial charge in [0.05, 0.1) is 12.0 Å². The summed E-state index contributed by atoms with van der Waals surface area (Å²) in [6, 6.07) is 8.49. The molecule has 6 heteroatoms. The summed E-state index contributed by atoms with van der Waals surface area (Å²) in [4.78, 5) is 12.1. The quantitative estimate of drug-likeness (QED) is 0.852. The fraction of sp³-hybridized carbons (Fsp3) is 0. The number of hydrogen-bond donors (Lipinski definition) is 2. The molecule has 0 radical (unpaired) electrons. The number of nitrogens with two attached hydrogens (primary N) is 1. The molecular formula is C12H9BrN2O2S. The lowest BCUT2D eigenvalue weighted by atomic mass is 10.1. The third-order valence-corrected chi connectivity index (χ3v) is 2.95. The normalized spacial score (nSPS) is 10.1. The predicted molar refractivity (Wildman–Crippen MR) is 76.7 cm³/mol. The summed E-state index contributed by atoms with van der Waals surface area (Å²) in [6.07, 6.45) is 1.43. The van der Waals surface area contributed by atoms with Crippen molar-refractivity contribution in [1.82, 2.24) is 0 Å². The smallest absolute Gasteiger partial charge is 0.291 e. The van der Waals surface area contributed by atoms with Gasteiger partial charge < -0.3 is 15.5 Å². The molecule has 1 aromatic carbocycles. The molecule has 0 bridgehead atoms. The van der Waals surface area contributed by atoms with Crippen LogP contribution in [0.5, 0.6) is 0 Å². The molecule has 18 heavy (non-hydrogen) atoms. The maximum atomic E-state index is 11.9. The Bertz CT molecular complexity index is 596. The SMILES string of the molecule is NC(=S)c1ccc(Br)cc1NC(=O)c1ccco1. The fourth-order valence-corrected chi connectivity index (χ4v) is 1.97. The largest absolute Gasteiger partial charge is 0.459 e. The Kier molecular flexibility index (Phi) is 3.78. The van der Waals surface area contributed by atoms with Crippen molar-refractivity contribution >= 4 is 44.7 Å². The van der Waals surface area contributed by atoms with Gasteiger partial charge in [0.2, 0.25) is 0 Å². The number of carbonyl (C=O) groups excluding carboxylic acids is 1. The third kappa shape index (κ3) is 2.77. The molecule has 0 atom stereocenters. The Hall–Kier alpha value is -1.66. The van der Waals surface area contributed by atoms with Crippen LogP contribution in [0.2, 0.25) is 0 Å². The third-order valence-electron chi connectivity index (χ3n) is 2.24. The molecule has 1 heterocycles. The first kappa shape index (κ1) is 12.8. The van der Waals surface area contributed by atoms with Crippen LogP contribution in [0.1, 0.15) is 16.1 Å². The molecule has 0 unspecified atom stereocenters. The number of amides is 1. The standard InChI is InChI=1S/C12H9BrN2O2S/c13-7-3-4-8(11(14)18)9(6-7)15-12(16)10-2-1-5-17-10/h1-6H,(H2,14,18)(H,15,16). The zero-order chi connectivity index (χ0) is 13.1. The number of hydrogen-bond acceptors (Lipinski definition) is 3. The van der Waals surface area contributed by atoms with Crippen LogP contribution in [0.15, 0.2) is 45.5 Å². The minimum atomic E-state index is -0.351. The second-order valence-corrected chi connectivity index (χ2v) is 4.84. The molecule has 0 spiro atoms. The molecular weight excluding hydrogens is 316 g/mol. The number of furan rings is 1. The summed E-state index contributed by atoms with van der Waals surface area (Å²) < 4.78 is 5.83. The number of halogens is 1. The number of thiocarbonyl (C=S) groups is 1. The van der Waals surface area contributed by atoms with Gasteiger partial charge in [0.1, 0.15) is 4.99 Å². The molecule has 0 aliphatic heterocycles. The van der Waals surface area contributed by atoms with Crippen LogP contribution >= 0.6 is 28.1 Å². The Balaban J connectivity index is 2.31. The van der Waals surface area contributed by atoms with Gasteiger partial charge in [-0.15, -0.1) is 0 Å². The molecule has 0 saturated carbocycles. The predicted octanol–water partition coefficient (Wildman–Crippen LogP) is 2.93. The van der Waals surface area contributed by atoms with Gasteiger partial charge in [-0.3, -0.25) is 4.79 Å². The lowest BCUT2D eigenvalue weighted by Gasteiger charge is -2.09. The van der Waals surface area contributed by atoms with Gasteiger partial charge in [-0.05, 0) is 30.3 Å². The Labute approximate surface area is 117 Å². The molecule has 0 saturated heterocycles. The first-order valence-corrected chi connectivity index (χ1v) is 6.22. The van der Waals surface area contributed by atoms with Crippen molar-refractivity contribution in [2.24, 2.45) is 5.73 Å². The van der Waals surface area contributed by atoms with Crippen molar-refractivity contribution in [3.05, 3.63) is 52.4 Å². The van der Waals surface area contributed by atoms with Crippen molar-refractivity contribution in [1.29, 1.82) is 0 Å². The van der Waals surface area contributed by atoms with Crippen LogP contribution in [0.4, 0.5) is 5.69 Å². The van der Waals surface area contributed by atoms with E-state index in [9.17, 15) is 4.79 Å². The molecule has 4 nitrogen and oxygen atoms in total. The molecule has 1 aromatic heterocycles. The highest BCUT2D eigenvalue weighted by molar-refractivity contribution is 9.10. The lowest BCUT2D eigenvalue weighted by Crippen LogP contribution is -2.17. The highest BCUT2D eigenvalue weighted by Gasteiger charge is 2.12. The summed E-state index contributed by atoms with van der Waals surface area (Å²) in [5, 5.41) is 2.70. The van der Waals surface area contributed by atoms with Crippen LogP contribution in [0.25, 0.3) is 0 Å². The van der Waals surface area contributed by atoms with Gasteiger partial charge in [-0.1, -0.05) is 28.1 Å². The van der Waals surface area contributed by atoms with Gasteiger partial charge in [-0.2, -0.15) is 0 Å². The van der Waals surface area contributed by atoms with Gasteiger partial charge in [0, 0.05) is 10.0 Å². The van der Waals surface area contributed by atoms with Gasteiger partial charge in [-0.25, -0.2) is 0 Å². The van der Waals surface area contributed by atoms with E-state index in [1.165, 1.54) is 6.26 Å². The molecule has 0 fully saturated rings. The molecule has 1 amide bonds. The van der Waals surface area contributed by atoms with Gasteiger partial charge in [0.15, 0.2) is 5.76 Å². The molecule has 0 aliphatic rings. The summed E-state index contributed by atoms with van der Waals surface area (Å²) in [6.45, 7) is 0. The van der Waals surface area contributed by atoms with Gasteiger partial charge in [0.25, 0.3) is 5.91 Å². The number of benzene rings is 1. The van der Waals surface area contributed by atoms with E-state index >= 15 is 0 Å². The van der Waals surface area contributed by atoms with Crippen molar-refractivity contribution in [2.75, 3.05) is 5.32 Å². The van der Waals surface area contributed by atoms with Crippen LogP contribution in [0.3, 0.4) is 0 Å². The van der Waals surface area contributed by atoms with Crippen molar-refractivity contribution in [3.63, 3.8) is 0 Å². The van der Waals surface area contributed by atoms with Crippen LogP contribution < -0.4 is 11.1 Å². The average molecular weight is 325 g/mol. The topological polar surface area (TPSA) is 68.3 Å². The van der Waals surface area contributed by atoms with Crippen LogP contribution in [0, 0.1) is 0 Å². The maximum Gasteiger partial charge on any atom is 0.291 e. The minimum Gasteiger partial charge on any atom is -0.459 e. The van der Waals surface area contributed by atoms with E-state index in [0.29, 0.717) is 11.3 Å². The van der Waals surface area contributed by atoms with E-state index in [1.807, 2.05) is 0 Å². The molecule has 92 valence electrons. The summed E-state index contributed by atoms with van der Waals surface area (Å²) in [5.74, 6) is -0.125. The van der Waals surface area contributed by atoms with Gasteiger partial charge >= 0.3 is 0 Å². The van der Waals surface area contributed by atoms with Crippen molar-refractivity contribution in [2.45, 2.75) is 0 Å². The Morgan fingerprint density at radius 3 is 2.78 bits per heavy atom. The van der Waals surface area contributed by atoms with Crippen molar-refractivity contribution < 1.29 is 9.21 Å². The summed E-state index contributed by atoms with van der Waals surface area (Å²) >= 11 is 8.26. The Morgan fingerprint density at radius 1 is 1.39 bits per heavy atom. The molecule has 2 rings (SSSR count). The van der Waals surface area contributed by atoms with E-state index in [2.05, 4.69) is 21.2 Å². The molecule has 3 N–H and O–H groups in total. The summed E-state index contributed by atoms with van der Waals surface area (Å²) in [7, 11) is 0. The first-order chi connectivity index (χ1) is 8.58. The van der Waals surface area contributed by atoms with E-state index in [1.54, 1.807) is 30.3 Å². The molecule has 2 aromatic rings. The number of carbonyl (C=O) groups is 1. The van der Waals surface area contributed by atoms with E-state index in [-0.39, 0.29) is 16.7 Å². The molecule has 0 aliphatic carbocycles. The zero-order valence-electron chi connectivity index (χ0n) is 9.14. The maximum absolute atomic E-state index is 11.9. The van der Waals surface area contributed by atoms with Crippen molar-refractivity contribution in [3.8, 4) is 0 Å². The summed E-state index contributed by atoms with van der Waals surface area (Å²) in [5.41, 5.74) is 6.75. The van der Waals surface area contributed by atoms with Crippen LogP contribution in [-0.2, 0) is 0 Å².